The lowest BCUT2D eigenvalue weighted by atomic mass is 10.0. The van der Waals surface area contributed by atoms with Gasteiger partial charge in [0.1, 0.15) is 10.1 Å². The quantitative estimate of drug-likeness (QED) is 0.156. The maximum Gasteiger partial charge on any atom is 0.124 e. The average molecular weight is 473 g/mol. The summed E-state index contributed by atoms with van der Waals surface area (Å²) in [6.07, 6.45) is 20.4. The highest BCUT2D eigenvalue weighted by molar-refractivity contribution is 7.85. The first-order valence-electron chi connectivity index (χ1n) is 12.4. The largest absolute Gasteiger partial charge is 0.744 e. The topological polar surface area (TPSA) is 92.2 Å². The highest BCUT2D eigenvalue weighted by Crippen LogP contribution is 2.13. The Hall–Kier alpha value is -0.950. The molecule has 0 unspecified atom stereocenters. The highest BCUT2D eigenvalue weighted by atomic mass is 32.2. The summed E-state index contributed by atoms with van der Waals surface area (Å²) in [6, 6.07) is 5.78. The summed E-state index contributed by atoms with van der Waals surface area (Å²) in [5.74, 6) is 0. The number of hydrogen-bond acceptors (Lipinski definition) is 4. The summed E-state index contributed by atoms with van der Waals surface area (Å²) in [4.78, 5) is -0.178. The molecule has 32 heavy (non-hydrogen) atoms. The number of unbranched alkanes of at least 4 members (excludes halogenated alkanes) is 13. The molecule has 0 amide bonds. The van der Waals surface area contributed by atoms with Crippen LogP contribution in [-0.4, -0.2) is 45.1 Å². The van der Waals surface area contributed by atoms with Gasteiger partial charge in [-0.05, 0) is 31.9 Å². The van der Waals surface area contributed by atoms with Crippen LogP contribution >= 0.6 is 0 Å². The third kappa shape index (κ3) is 22.3. The molecular weight excluding hydrogens is 420 g/mol. The molecule has 0 saturated carbocycles. The van der Waals surface area contributed by atoms with E-state index >= 15 is 0 Å². The number of rotatable bonds is 16. The van der Waals surface area contributed by atoms with Gasteiger partial charge in [0, 0.05) is 0 Å². The molecule has 0 aliphatic carbocycles. The molecule has 0 aliphatic heterocycles. The molecule has 0 aromatic heterocycles. The van der Waals surface area contributed by atoms with E-state index in [2.05, 4.69) is 28.1 Å². The second-order valence-electron chi connectivity index (χ2n) is 9.88. The van der Waals surface area contributed by atoms with E-state index in [0.29, 0.717) is 0 Å². The second kappa shape index (κ2) is 19.5. The molecule has 0 saturated heterocycles. The Morgan fingerprint density at radius 3 is 1.34 bits per heavy atom. The van der Waals surface area contributed by atoms with Gasteiger partial charge in [-0.1, -0.05) is 102 Å². The highest BCUT2D eigenvalue weighted by Gasteiger charge is 2.05. The number of aryl methyl sites for hydroxylation is 1. The summed E-state index contributed by atoms with van der Waals surface area (Å²) in [6.45, 7) is 5.45. The number of quaternary nitrogens is 1. The van der Waals surface area contributed by atoms with Crippen LogP contribution in [0.3, 0.4) is 0 Å². The lowest BCUT2D eigenvalue weighted by Gasteiger charge is -2.23. The van der Waals surface area contributed by atoms with Crippen molar-refractivity contribution in [1.29, 1.82) is 0 Å². The van der Waals surface area contributed by atoms with Crippen molar-refractivity contribution in [2.45, 2.75) is 109 Å². The molecule has 0 radical (unpaired) electrons. The minimum atomic E-state index is -4.27. The van der Waals surface area contributed by atoms with E-state index in [1.807, 2.05) is 6.92 Å². The van der Waals surface area contributed by atoms with E-state index in [-0.39, 0.29) is 11.0 Å². The molecule has 0 atom stereocenters. The van der Waals surface area contributed by atoms with Gasteiger partial charge in [0.05, 0.1) is 32.6 Å². The van der Waals surface area contributed by atoms with Crippen molar-refractivity contribution < 1.29 is 17.5 Å². The molecule has 0 heterocycles. The van der Waals surface area contributed by atoms with Crippen LogP contribution in [0.2, 0.25) is 0 Å². The Morgan fingerprint density at radius 2 is 1.03 bits per heavy atom. The van der Waals surface area contributed by atoms with Gasteiger partial charge in [0.25, 0.3) is 0 Å². The van der Waals surface area contributed by atoms with E-state index in [4.69, 9.17) is 0 Å². The average Bonchev–Trinajstić information content (AvgIpc) is 2.67. The summed E-state index contributed by atoms with van der Waals surface area (Å²) in [5, 5.41) is 0. The first kappa shape index (κ1) is 33.2. The van der Waals surface area contributed by atoms with E-state index in [1.165, 1.54) is 109 Å². The van der Waals surface area contributed by atoms with Crippen LogP contribution in [0.1, 0.15) is 102 Å². The fourth-order valence-corrected chi connectivity index (χ4v) is 3.96. The van der Waals surface area contributed by atoms with E-state index in [0.717, 1.165) is 10.0 Å². The number of hydrogen-bond donors (Lipinski definition) is 1. The van der Waals surface area contributed by atoms with Crippen molar-refractivity contribution in [2.75, 3.05) is 27.7 Å². The first-order valence-corrected chi connectivity index (χ1v) is 13.8. The molecule has 0 spiro atoms. The Bertz CT molecular complexity index is 638. The van der Waals surface area contributed by atoms with Gasteiger partial charge in [0.15, 0.2) is 0 Å². The summed E-state index contributed by atoms with van der Waals surface area (Å²) in [7, 11) is 2.61. The van der Waals surface area contributed by atoms with Crippen molar-refractivity contribution >= 4 is 10.1 Å². The van der Waals surface area contributed by atoms with Gasteiger partial charge in [0.2, 0.25) is 0 Å². The normalized spacial score (nSPS) is 11.4. The van der Waals surface area contributed by atoms with E-state index < -0.39 is 10.1 Å². The zero-order valence-corrected chi connectivity index (χ0v) is 22.5. The van der Waals surface area contributed by atoms with Crippen LogP contribution in [0.5, 0.6) is 0 Å². The van der Waals surface area contributed by atoms with E-state index in [1.54, 1.807) is 12.1 Å². The number of benzene rings is 1. The van der Waals surface area contributed by atoms with Crippen molar-refractivity contribution in [3.63, 3.8) is 0 Å². The van der Waals surface area contributed by atoms with E-state index in [9.17, 15) is 13.0 Å². The van der Waals surface area contributed by atoms with Crippen molar-refractivity contribution in [1.82, 2.24) is 6.15 Å². The van der Waals surface area contributed by atoms with Crippen LogP contribution in [0.15, 0.2) is 29.2 Å². The summed E-state index contributed by atoms with van der Waals surface area (Å²) in [5.41, 5.74) is 0.928. The Morgan fingerprint density at radius 1 is 0.688 bits per heavy atom. The zero-order valence-electron chi connectivity index (χ0n) is 21.7. The summed E-state index contributed by atoms with van der Waals surface area (Å²) < 4.78 is 32.3. The zero-order chi connectivity index (χ0) is 23.6. The third-order valence-electron chi connectivity index (χ3n) is 5.49. The van der Waals surface area contributed by atoms with Gasteiger partial charge in [-0.3, -0.25) is 0 Å². The monoisotopic (exact) mass is 472 g/mol. The molecule has 1 rings (SSSR count). The fraction of sp³-hybridized carbons (Fsp3) is 0.769. The molecule has 1 aromatic rings. The van der Waals surface area contributed by atoms with Crippen LogP contribution in [-0.2, 0) is 10.1 Å². The molecule has 0 aliphatic rings. The van der Waals surface area contributed by atoms with Gasteiger partial charge in [-0.25, -0.2) is 8.42 Å². The first-order chi connectivity index (χ1) is 14.6. The molecule has 190 valence electrons. The van der Waals surface area contributed by atoms with Gasteiger partial charge >= 0.3 is 0 Å². The lowest BCUT2D eigenvalue weighted by Crippen LogP contribution is -2.35. The molecule has 0 bridgehead atoms. The summed E-state index contributed by atoms with van der Waals surface area (Å²) >= 11 is 0. The second-order valence-corrected chi connectivity index (χ2v) is 11.3. The SMILES string of the molecule is CCCCCCCCCCCCCCCC[N+](C)(C)C.Cc1ccc(S(=O)(=O)[O-])cc1.N. The maximum absolute atomic E-state index is 10.4. The predicted molar refractivity (Wildman–Crippen MR) is 137 cm³/mol. The van der Waals surface area contributed by atoms with Crippen molar-refractivity contribution in [3.05, 3.63) is 29.8 Å². The predicted octanol–water partition coefficient (Wildman–Crippen LogP) is 7.24. The third-order valence-corrected chi connectivity index (χ3v) is 6.34. The number of nitrogens with zero attached hydrogens (tertiary/aromatic N) is 1. The molecule has 0 fully saturated rings. The smallest absolute Gasteiger partial charge is 0.124 e. The minimum absolute atomic E-state index is 0. The van der Waals surface area contributed by atoms with Gasteiger partial charge in [-0.15, -0.1) is 0 Å². The standard InChI is InChI=1S/C19H42N.C7H8O3S.H3N/c1-5-6-7-8-9-10-11-12-13-14-15-16-17-18-19-20(2,3)4;1-6-2-4-7(5-3-6)11(8,9)10;/h5-19H2,1-4H3;2-5H,1H3,(H,8,9,10);1H3/q+1;;/p-1. The minimum Gasteiger partial charge on any atom is -0.744 e. The van der Waals surface area contributed by atoms with Crippen molar-refractivity contribution in [3.8, 4) is 0 Å². The van der Waals surface area contributed by atoms with Crippen LogP contribution in [0.25, 0.3) is 0 Å². The lowest BCUT2D eigenvalue weighted by molar-refractivity contribution is -0.870. The molecule has 3 N–H and O–H groups in total. The van der Waals surface area contributed by atoms with Gasteiger partial charge < -0.3 is 15.2 Å². The van der Waals surface area contributed by atoms with Crippen LogP contribution in [0.4, 0.5) is 0 Å². The molecule has 5 nitrogen and oxygen atoms in total. The Labute approximate surface area is 199 Å². The van der Waals surface area contributed by atoms with Crippen LogP contribution < -0.4 is 6.15 Å². The van der Waals surface area contributed by atoms with Gasteiger partial charge in [-0.2, -0.15) is 0 Å². The van der Waals surface area contributed by atoms with Crippen molar-refractivity contribution in [2.24, 2.45) is 0 Å². The molecule has 6 heteroatoms. The Kier molecular flexibility index (Phi) is 20.3. The molecule has 1 aromatic carbocycles. The maximum atomic E-state index is 10.4. The Balaban J connectivity index is 0. The van der Waals surface area contributed by atoms with Crippen LogP contribution in [0, 0.1) is 6.92 Å². The fourth-order valence-electron chi connectivity index (χ4n) is 3.49. The molecular formula is C26H52N2O3S.